The summed E-state index contributed by atoms with van der Waals surface area (Å²) in [7, 11) is 3.25. The lowest BCUT2D eigenvalue weighted by molar-refractivity contribution is 0.349. The minimum Gasteiger partial charge on any atom is -0.493 e. The van der Waals surface area contributed by atoms with Crippen molar-refractivity contribution in [3.05, 3.63) is 39.8 Å². The van der Waals surface area contributed by atoms with Gasteiger partial charge in [0.25, 0.3) is 0 Å². The molecule has 0 saturated heterocycles. The summed E-state index contributed by atoms with van der Waals surface area (Å²) in [6, 6.07) is 5.59. The normalized spacial score (nSPS) is 12.2. The quantitative estimate of drug-likeness (QED) is 0.913. The van der Waals surface area contributed by atoms with Crippen LogP contribution in [0, 0.1) is 6.92 Å². The fourth-order valence-electron chi connectivity index (χ4n) is 2.04. The Balaban J connectivity index is 2.25. The molecular formula is C14H18N2O2S. The first-order valence-electron chi connectivity index (χ1n) is 6.03. The molecule has 102 valence electrons. The number of aryl methyl sites for hydroxylation is 1. The van der Waals surface area contributed by atoms with E-state index in [2.05, 4.69) is 4.98 Å². The van der Waals surface area contributed by atoms with Gasteiger partial charge >= 0.3 is 0 Å². The van der Waals surface area contributed by atoms with E-state index in [-0.39, 0.29) is 6.04 Å². The maximum absolute atomic E-state index is 6.27. The molecule has 0 amide bonds. The van der Waals surface area contributed by atoms with Crippen molar-refractivity contribution in [1.29, 1.82) is 0 Å². The molecule has 0 fully saturated rings. The molecule has 2 rings (SSSR count). The highest BCUT2D eigenvalue weighted by molar-refractivity contribution is 7.09. The molecule has 4 nitrogen and oxygen atoms in total. The van der Waals surface area contributed by atoms with Gasteiger partial charge in [0, 0.05) is 23.4 Å². The lowest BCUT2D eigenvalue weighted by atomic mass is 10.0. The van der Waals surface area contributed by atoms with Crippen LogP contribution in [0.3, 0.4) is 0 Å². The third kappa shape index (κ3) is 3.05. The van der Waals surface area contributed by atoms with Crippen LogP contribution >= 0.6 is 11.3 Å². The second kappa shape index (κ2) is 6.04. The van der Waals surface area contributed by atoms with Gasteiger partial charge in [0.2, 0.25) is 0 Å². The van der Waals surface area contributed by atoms with Crippen LogP contribution in [0.5, 0.6) is 11.5 Å². The van der Waals surface area contributed by atoms with Crippen LogP contribution in [0.4, 0.5) is 0 Å². The number of hydrogen-bond acceptors (Lipinski definition) is 5. The molecule has 2 N–H and O–H groups in total. The molecule has 2 aromatic rings. The topological polar surface area (TPSA) is 57.4 Å². The Morgan fingerprint density at radius 2 is 2.11 bits per heavy atom. The van der Waals surface area contributed by atoms with Gasteiger partial charge < -0.3 is 15.2 Å². The minimum absolute atomic E-state index is 0.161. The monoisotopic (exact) mass is 278 g/mol. The molecule has 0 bridgehead atoms. The van der Waals surface area contributed by atoms with E-state index in [1.165, 1.54) is 0 Å². The van der Waals surface area contributed by atoms with Crippen molar-refractivity contribution in [1.82, 2.24) is 4.98 Å². The highest BCUT2D eigenvalue weighted by Gasteiger charge is 2.17. The summed E-state index contributed by atoms with van der Waals surface area (Å²) < 4.78 is 10.7. The summed E-state index contributed by atoms with van der Waals surface area (Å²) in [5.74, 6) is 1.40. The average Bonchev–Trinajstić information content (AvgIpc) is 2.82. The van der Waals surface area contributed by atoms with Crippen molar-refractivity contribution in [2.75, 3.05) is 14.2 Å². The third-order valence-electron chi connectivity index (χ3n) is 2.93. The molecule has 1 aromatic heterocycles. The van der Waals surface area contributed by atoms with Crippen molar-refractivity contribution in [2.45, 2.75) is 19.4 Å². The Hall–Kier alpha value is -1.59. The number of rotatable bonds is 5. The summed E-state index contributed by atoms with van der Waals surface area (Å²) in [6.07, 6.45) is 0.688. The summed E-state index contributed by atoms with van der Waals surface area (Å²) in [5, 5.41) is 3.10. The van der Waals surface area contributed by atoms with Crippen LogP contribution in [0.1, 0.15) is 22.3 Å². The fourth-order valence-corrected chi connectivity index (χ4v) is 2.67. The van der Waals surface area contributed by atoms with Crippen molar-refractivity contribution >= 4 is 11.3 Å². The molecule has 0 aliphatic carbocycles. The zero-order valence-electron chi connectivity index (χ0n) is 11.3. The first-order valence-corrected chi connectivity index (χ1v) is 6.91. The molecule has 1 atom stereocenters. The van der Waals surface area contributed by atoms with Crippen molar-refractivity contribution < 1.29 is 9.47 Å². The van der Waals surface area contributed by atoms with E-state index in [4.69, 9.17) is 15.2 Å². The highest BCUT2D eigenvalue weighted by atomic mass is 32.1. The molecule has 1 unspecified atom stereocenters. The Labute approximate surface area is 117 Å². The van der Waals surface area contributed by atoms with Gasteiger partial charge in [0.1, 0.15) is 0 Å². The fraction of sp³-hybridized carbons (Fsp3) is 0.357. The second-order valence-electron chi connectivity index (χ2n) is 4.25. The van der Waals surface area contributed by atoms with Gasteiger partial charge in [-0.3, -0.25) is 0 Å². The van der Waals surface area contributed by atoms with Crippen LogP contribution in [-0.4, -0.2) is 19.2 Å². The molecule has 0 aliphatic rings. The number of nitrogens with two attached hydrogens (primary N) is 1. The lowest BCUT2D eigenvalue weighted by Gasteiger charge is -2.17. The summed E-state index contributed by atoms with van der Waals surface area (Å²) in [6.45, 7) is 1.99. The predicted octanol–water partition coefficient (Wildman–Crippen LogP) is 2.71. The Bertz CT molecular complexity index is 554. The first kappa shape index (κ1) is 13.8. The highest BCUT2D eigenvalue weighted by Crippen LogP contribution is 2.34. The Morgan fingerprint density at radius 3 is 2.68 bits per heavy atom. The van der Waals surface area contributed by atoms with Gasteiger partial charge in [0.05, 0.1) is 24.9 Å². The van der Waals surface area contributed by atoms with Crippen LogP contribution < -0.4 is 15.2 Å². The van der Waals surface area contributed by atoms with E-state index < -0.39 is 0 Å². The smallest absolute Gasteiger partial charge is 0.165 e. The molecule has 0 saturated carbocycles. The van der Waals surface area contributed by atoms with E-state index in [0.717, 1.165) is 16.3 Å². The van der Waals surface area contributed by atoms with Crippen LogP contribution in [0.2, 0.25) is 0 Å². The van der Waals surface area contributed by atoms with E-state index in [0.29, 0.717) is 17.9 Å². The molecule has 0 aliphatic heterocycles. The Morgan fingerprint density at radius 1 is 1.32 bits per heavy atom. The number of benzene rings is 1. The molecule has 0 radical (unpaired) electrons. The molecular weight excluding hydrogens is 260 g/mol. The van der Waals surface area contributed by atoms with Crippen LogP contribution in [0.25, 0.3) is 0 Å². The van der Waals surface area contributed by atoms with Crippen molar-refractivity contribution in [2.24, 2.45) is 5.73 Å². The standard InChI is InChI=1S/C14H18N2O2S/c1-9-16-10(8-19-9)7-12(15)11-5-4-6-13(17-2)14(11)18-3/h4-6,8,12H,7,15H2,1-3H3. The third-order valence-corrected chi connectivity index (χ3v) is 3.75. The molecule has 1 aromatic carbocycles. The predicted molar refractivity (Wildman–Crippen MR) is 77.0 cm³/mol. The Kier molecular flexibility index (Phi) is 4.39. The maximum Gasteiger partial charge on any atom is 0.165 e. The first-order chi connectivity index (χ1) is 9.15. The van der Waals surface area contributed by atoms with Crippen LogP contribution in [-0.2, 0) is 6.42 Å². The van der Waals surface area contributed by atoms with Gasteiger partial charge in [-0.15, -0.1) is 11.3 Å². The number of para-hydroxylation sites is 1. The molecule has 0 spiro atoms. The van der Waals surface area contributed by atoms with Gasteiger partial charge in [-0.2, -0.15) is 0 Å². The number of hydrogen-bond donors (Lipinski definition) is 1. The van der Waals surface area contributed by atoms with Gasteiger partial charge in [0.15, 0.2) is 11.5 Å². The zero-order valence-corrected chi connectivity index (χ0v) is 12.2. The average molecular weight is 278 g/mol. The number of thiazole rings is 1. The summed E-state index contributed by atoms with van der Waals surface area (Å²) in [4.78, 5) is 4.44. The molecule has 5 heteroatoms. The maximum atomic E-state index is 6.27. The van der Waals surface area contributed by atoms with Crippen LogP contribution in [0.15, 0.2) is 23.6 Å². The molecule has 19 heavy (non-hydrogen) atoms. The van der Waals surface area contributed by atoms with E-state index in [1.54, 1.807) is 25.6 Å². The van der Waals surface area contributed by atoms with E-state index in [1.807, 2.05) is 30.5 Å². The SMILES string of the molecule is COc1cccc(C(N)Cc2csc(C)n2)c1OC. The number of ether oxygens (including phenoxy) is 2. The lowest BCUT2D eigenvalue weighted by Crippen LogP contribution is -2.15. The van der Waals surface area contributed by atoms with Gasteiger partial charge in [-0.25, -0.2) is 4.98 Å². The summed E-state index contributed by atoms with van der Waals surface area (Å²) in [5.41, 5.74) is 8.22. The van der Waals surface area contributed by atoms with Gasteiger partial charge in [-0.05, 0) is 13.0 Å². The molecule has 1 heterocycles. The number of methoxy groups -OCH3 is 2. The van der Waals surface area contributed by atoms with Gasteiger partial charge in [-0.1, -0.05) is 12.1 Å². The van der Waals surface area contributed by atoms with Crippen molar-refractivity contribution in [3.8, 4) is 11.5 Å². The second-order valence-corrected chi connectivity index (χ2v) is 5.31. The minimum atomic E-state index is -0.161. The zero-order chi connectivity index (χ0) is 13.8. The summed E-state index contributed by atoms with van der Waals surface area (Å²) >= 11 is 1.64. The largest absolute Gasteiger partial charge is 0.493 e. The number of aromatic nitrogens is 1. The van der Waals surface area contributed by atoms with E-state index >= 15 is 0 Å². The van der Waals surface area contributed by atoms with Crippen molar-refractivity contribution in [3.63, 3.8) is 0 Å². The van der Waals surface area contributed by atoms with E-state index in [9.17, 15) is 0 Å². The number of nitrogens with zero attached hydrogens (tertiary/aromatic N) is 1.